The van der Waals surface area contributed by atoms with E-state index in [0.717, 1.165) is 45.0 Å². The maximum Gasteiger partial charge on any atom is 0.323 e. The van der Waals surface area contributed by atoms with Crippen molar-refractivity contribution in [3.05, 3.63) is 66.0 Å². The highest BCUT2D eigenvalue weighted by Crippen LogP contribution is 2.23. The summed E-state index contributed by atoms with van der Waals surface area (Å²) in [5.74, 6) is 1.71. The van der Waals surface area contributed by atoms with Crippen LogP contribution in [-0.2, 0) is 6.54 Å². The number of amides is 2. The van der Waals surface area contributed by atoms with Crippen molar-refractivity contribution in [3.63, 3.8) is 0 Å². The quantitative estimate of drug-likeness (QED) is 0.444. The molecule has 184 valence electrons. The number of aryl methyl sites for hydroxylation is 1. The molecule has 3 aromatic rings. The van der Waals surface area contributed by atoms with Gasteiger partial charge in [0.1, 0.15) is 17.9 Å². The number of rotatable bonds is 8. The van der Waals surface area contributed by atoms with Crippen LogP contribution in [0.1, 0.15) is 18.1 Å². The van der Waals surface area contributed by atoms with E-state index in [2.05, 4.69) is 55.6 Å². The third-order valence-corrected chi connectivity index (χ3v) is 6.14. The van der Waals surface area contributed by atoms with Crippen molar-refractivity contribution in [1.82, 2.24) is 19.8 Å². The Morgan fingerprint density at radius 2 is 1.63 bits per heavy atom. The second kappa shape index (κ2) is 11.6. The standard InChI is InChI=1S/C26H33N7O2/c1-4-32-11-13-33(14-12-32)17-20-5-6-22(15-19(20)2)31-26(34)30-21-7-9-23(10-8-21)35-25-16-24(27-3)28-18-29-25/h5-10,15-16,18H,4,11-14,17H2,1-3H3,(H,27,28,29)(H2,30,31,34). The molecule has 2 heterocycles. The van der Waals surface area contributed by atoms with E-state index < -0.39 is 0 Å². The summed E-state index contributed by atoms with van der Waals surface area (Å²) in [7, 11) is 1.78. The monoisotopic (exact) mass is 475 g/mol. The van der Waals surface area contributed by atoms with E-state index in [1.807, 2.05) is 12.1 Å². The molecular weight excluding hydrogens is 442 g/mol. The van der Waals surface area contributed by atoms with Gasteiger partial charge in [0.2, 0.25) is 5.88 Å². The van der Waals surface area contributed by atoms with E-state index in [1.54, 1.807) is 37.4 Å². The minimum absolute atomic E-state index is 0.295. The van der Waals surface area contributed by atoms with Gasteiger partial charge >= 0.3 is 6.03 Å². The van der Waals surface area contributed by atoms with E-state index in [1.165, 1.54) is 17.5 Å². The Hall–Kier alpha value is -3.69. The summed E-state index contributed by atoms with van der Waals surface area (Å²) in [5, 5.41) is 8.71. The number of aromatic nitrogens is 2. The van der Waals surface area contributed by atoms with E-state index in [0.29, 0.717) is 23.1 Å². The normalized spacial score (nSPS) is 14.4. The van der Waals surface area contributed by atoms with Crippen molar-refractivity contribution in [1.29, 1.82) is 0 Å². The SMILES string of the molecule is CCN1CCN(Cc2ccc(NC(=O)Nc3ccc(Oc4cc(NC)ncn4)cc3)cc2C)CC1. The molecule has 0 aliphatic carbocycles. The van der Waals surface area contributed by atoms with Gasteiger partial charge in [-0.05, 0) is 61.0 Å². The first-order chi connectivity index (χ1) is 17.0. The number of hydrogen-bond acceptors (Lipinski definition) is 7. The molecule has 2 amide bonds. The first kappa shape index (κ1) is 24.4. The number of carbonyl (C=O) groups is 1. The van der Waals surface area contributed by atoms with Crippen LogP contribution in [0.15, 0.2) is 54.9 Å². The molecule has 1 aliphatic heterocycles. The Kier molecular flexibility index (Phi) is 8.12. The number of ether oxygens (including phenoxy) is 1. The molecular formula is C26H33N7O2. The molecule has 9 heteroatoms. The number of likely N-dealkylation sites (N-methyl/N-ethyl adjacent to an activating group) is 1. The third kappa shape index (κ3) is 6.91. The van der Waals surface area contributed by atoms with E-state index >= 15 is 0 Å². The highest BCUT2D eigenvalue weighted by atomic mass is 16.5. The number of hydrogen-bond donors (Lipinski definition) is 3. The lowest BCUT2D eigenvalue weighted by Gasteiger charge is -2.34. The fourth-order valence-electron chi connectivity index (χ4n) is 4.01. The average molecular weight is 476 g/mol. The maximum absolute atomic E-state index is 12.5. The fourth-order valence-corrected chi connectivity index (χ4v) is 4.01. The Bertz CT molecular complexity index is 1130. The van der Waals surface area contributed by atoms with Gasteiger partial charge in [-0.3, -0.25) is 4.90 Å². The molecule has 0 unspecified atom stereocenters. The lowest BCUT2D eigenvalue weighted by Crippen LogP contribution is -2.45. The zero-order valence-electron chi connectivity index (χ0n) is 20.5. The molecule has 35 heavy (non-hydrogen) atoms. The van der Waals surface area contributed by atoms with Crippen molar-refractivity contribution < 1.29 is 9.53 Å². The average Bonchev–Trinajstić information content (AvgIpc) is 2.87. The molecule has 0 saturated carbocycles. The number of carbonyl (C=O) groups excluding carboxylic acids is 1. The minimum Gasteiger partial charge on any atom is -0.439 e. The third-order valence-electron chi connectivity index (χ3n) is 6.14. The van der Waals surface area contributed by atoms with Crippen molar-refractivity contribution in [2.24, 2.45) is 0 Å². The summed E-state index contributed by atoms with van der Waals surface area (Å²) in [4.78, 5) is 25.6. The first-order valence-electron chi connectivity index (χ1n) is 11.9. The number of piperazine rings is 1. The predicted octanol–water partition coefficient (Wildman–Crippen LogP) is 4.40. The van der Waals surface area contributed by atoms with Crippen molar-refractivity contribution in [2.75, 3.05) is 55.7 Å². The summed E-state index contributed by atoms with van der Waals surface area (Å²) in [5.41, 5.74) is 3.90. The van der Waals surface area contributed by atoms with Crippen LogP contribution >= 0.6 is 0 Å². The van der Waals surface area contributed by atoms with Crippen molar-refractivity contribution in [3.8, 4) is 11.6 Å². The largest absolute Gasteiger partial charge is 0.439 e. The molecule has 0 radical (unpaired) electrons. The number of nitrogens with zero attached hydrogens (tertiary/aromatic N) is 4. The summed E-state index contributed by atoms with van der Waals surface area (Å²) in [6.45, 7) is 10.8. The zero-order valence-corrected chi connectivity index (χ0v) is 20.5. The molecule has 0 bridgehead atoms. The Labute approximate surface area is 206 Å². The van der Waals surface area contributed by atoms with E-state index in [4.69, 9.17) is 4.74 Å². The number of anilines is 3. The van der Waals surface area contributed by atoms with E-state index in [-0.39, 0.29) is 6.03 Å². The summed E-state index contributed by atoms with van der Waals surface area (Å²) in [6, 6.07) is 14.6. The van der Waals surface area contributed by atoms with Gasteiger partial charge in [0.15, 0.2) is 0 Å². The van der Waals surface area contributed by atoms with Crippen LogP contribution in [0.2, 0.25) is 0 Å². The molecule has 9 nitrogen and oxygen atoms in total. The van der Waals surface area contributed by atoms with Gasteiger partial charge in [-0.2, -0.15) is 0 Å². The molecule has 2 aromatic carbocycles. The van der Waals surface area contributed by atoms with Gasteiger partial charge in [-0.25, -0.2) is 14.8 Å². The second-order valence-corrected chi connectivity index (χ2v) is 8.55. The second-order valence-electron chi connectivity index (χ2n) is 8.55. The topological polar surface area (TPSA) is 94.7 Å². The summed E-state index contributed by atoms with van der Waals surface area (Å²) >= 11 is 0. The van der Waals surface area contributed by atoms with Crippen LogP contribution in [-0.4, -0.2) is 65.6 Å². The van der Waals surface area contributed by atoms with Crippen LogP contribution < -0.4 is 20.7 Å². The lowest BCUT2D eigenvalue weighted by molar-refractivity contribution is 0.132. The van der Waals surface area contributed by atoms with Gasteiger partial charge in [0, 0.05) is 57.2 Å². The molecule has 1 saturated heterocycles. The van der Waals surface area contributed by atoms with Crippen molar-refractivity contribution in [2.45, 2.75) is 20.4 Å². The van der Waals surface area contributed by atoms with Crippen molar-refractivity contribution >= 4 is 23.2 Å². The molecule has 1 fully saturated rings. The molecule has 0 atom stereocenters. The van der Waals surface area contributed by atoms with Crippen LogP contribution in [0.25, 0.3) is 0 Å². The van der Waals surface area contributed by atoms with Crippen LogP contribution in [0.5, 0.6) is 11.6 Å². The molecule has 4 rings (SSSR count). The number of urea groups is 1. The molecule has 0 spiro atoms. The van der Waals surface area contributed by atoms with E-state index in [9.17, 15) is 4.79 Å². The Morgan fingerprint density at radius 1 is 0.943 bits per heavy atom. The first-order valence-corrected chi connectivity index (χ1v) is 11.9. The highest BCUT2D eigenvalue weighted by Gasteiger charge is 2.16. The zero-order chi connectivity index (χ0) is 24.6. The minimum atomic E-state index is -0.295. The van der Waals surface area contributed by atoms with Gasteiger partial charge in [-0.1, -0.05) is 13.0 Å². The predicted molar refractivity (Wildman–Crippen MR) is 139 cm³/mol. The Morgan fingerprint density at radius 3 is 2.31 bits per heavy atom. The number of benzene rings is 2. The van der Waals surface area contributed by atoms with Gasteiger partial charge in [-0.15, -0.1) is 0 Å². The van der Waals surface area contributed by atoms with Gasteiger partial charge in [0.25, 0.3) is 0 Å². The molecule has 3 N–H and O–H groups in total. The fraction of sp³-hybridized carbons (Fsp3) is 0.346. The summed E-state index contributed by atoms with van der Waals surface area (Å²) < 4.78 is 5.74. The maximum atomic E-state index is 12.5. The summed E-state index contributed by atoms with van der Waals surface area (Å²) in [6.07, 6.45) is 1.43. The Balaban J connectivity index is 1.28. The molecule has 1 aliphatic rings. The highest BCUT2D eigenvalue weighted by molar-refractivity contribution is 5.99. The smallest absolute Gasteiger partial charge is 0.323 e. The molecule has 1 aromatic heterocycles. The van der Waals surface area contributed by atoms with Crippen LogP contribution in [0.4, 0.5) is 22.0 Å². The van der Waals surface area contributed by atoms with Gasteiger partial charge < -0.3 is 25.6 Å². The number of nitrogens with one attached hydrogen (secondary N) is 3. The van der Waals surface area contributed by atoms with Gasteiger partial charge in [0.05, 0.1) is 0 Å². The lowest BCUT2D eigenvalue weighted by atomic mass is 10.1. The van der Waals surface area contributed by atoms with Crippen LogP contribution in [0, 0.1) is 6.92 Å². The van der Waals surface area contributed by atoms with Crippen LogP contribution in [0.3, 0.4) is 0 Å².